The van der Waals surface area contributed by atoms with Crippen molar-refractivity contribution in [1.29, 1.82) is 0 Å². The van der Waals surface area contributed by atoms with Crippen molar-refractivity contribution in [3.63, 3.8) is 0 Å². The Kier molecular flexibility index (Phi) is 4.70. The maximum absolute atomic E-state index is 11.4. The molecule has 1 unspecified atom stereocenters. The van der Waals surface area contributed by atoms with E-state index in [2.05, 4.69) is 4.90 Å². The number of aliphatic hydroxyl groups is 1. The van der Waals surface area contributed by atoms with Crippen LogP contribution < -0.4 is 0 Å². The molecular weight excluding hydrogens is 194 g/mol. The van der Waals surface area contributed by atoms with E-state index in [1.165, 1.54) is 7.11 Å². The molecule has 4 heteroatoms. The Balaban J connectivity index is 2.34. The second-order valence-electron chi connectivity index (χ2n) is 4.60. The van der Waals surface area contributed by atoms with Crippen LogP contribution in [0.2, 0.25) is 0 Å². The van der Waals surface area contributed by atoms with Crippen molar-refractivity contribution in [2.24, 2.45) is 0 Å². The Morgan fingerprint density at radius 2 is 2.20 bits per heavy atom. The van der Waals surface area contributed by atoms with Gasteiger partial charge in [-0.1, -0.05) is 0 Å². The van der Waals surface area contributed by atoms with Gasteiger partial charge in [-0.15, -0.1) is 0 Å². The summed E-state index contributed by atoms with van der Waals surface area (Å²) < 4.78 is 4.79. The minimum absolute atomic E-state index is 0.110. The first-order chi connectivity index (χ1) is 7.03. The smallest absolute Gasteiger partial charge is 0.172 e. The Bertz CT molecular complexity index is 216. The standard InChI is InChI=1S/C11H21NO3/c1-11(14)4-3-6-12(7-5-11)8-10(13)9-15-2/h14H,3-9H2,1-2H3. The first-order valence-electron chi connectivity index (χ1n) is 5.49. The molecule has 0 bridgehead atoms. The first kappa shape index (κ1) is 12.6. The number of carbonyl (C=O) groups is 1. The van der Waals surface area contributed by atoms with Gasteiger partial charge >= 0.3 is 0 Å². The average molecular weight is 215 g/mol. The van der Waals surface area contributed by atoms with Gasteiger partial charge in [0, 0.05) is 13.7 Å². The van der Waals surface area contributed by atoms with Crippen molar-refractivity contribution in [2.45, 2.75) is 31.8 Å². The molecule has 88 valence electrons. The summed E-state index contributed by atoms with van der Waals surface area (Å²) in [4.78, 5) is 13.5. The molecule has 1 N–H and O–H groups in total. The highest BCUT2D eigenvalue weighted by Crippen LogP contribution is 2.20. The molecule has 1 aliphatic heterocycles. The third-order valence-electron chi connectivity index (χ3n) is 2.86. The average Bonchev–Trinajstić information content (AvgIpc) is 2.28. The molecule has 1 heterocycles. The van der Waals surface area contributed by atoms with E-state index in [9.17, 15) is 9.90 Å². The van der Waals surface area contributed by atoms with Crippen molar-refractivity contribution < 1.29 is 14.6 Å². The van der Waals surface area contributed by atoms with Crippen LogP contribution in [0.15, 0.2) is 0 Å². The van der Waals surface area contributed by atoms with Crippen LogP contribution in [0, 0.1) is 0 Å². The molecule has 15 heavy (non-hydrogen) atoms. The summed E-state index contributed by atoms with van der Waals surface area (Å²) in [5.74, 6) is 0.110. The quantitative estimate of drug-likeness (QED) is 0.739. The van der Waals surface area contributed by atoms with E-state index in [1.54, 1.807) is 0 Å². The summed E-state index contributed by atoms with van der Waals surface area (Å²) in [7, 11) is 1.53. The lowest BCUT2D eigenvalue weighted by Gasteiger charge is -2.21. The molecule has 0 saturated carbocycles. The zero-order valence-corrected chi connectivity index (χ0v) is 9.66. The van der Waals surface area contributed by atoms with Crippen molar-refractivity contribution in [1.82, 2.24) is 4.90 Å². The Morgan fingerprint density at radius 1 is 1.47 bits per heavy atom. The lowest BCUT2D eigenvalue weighted by Crippen LogP contribution is -2.33. The van der Waals surface area contributed by atoms with Gasteiger partial charge in [0.25, 0.3) is 0 Å². The zero-order valence-electron chi connectivity index (χ0n) is 9.66. The third-order valence-corrected chi connectivity index (χ3v) is 2.86. The number of Topliss-reactive ketones (excluding diaryl/α,β-unsaturated/α-hetero) is 1. The number of methoxy groups -OCH3 is 1. The fourth-order valence-corrected chi connectivity index (χ4v) is 1.93. The summed E-state index contributed by atoms with van der Waals surface area (Å²) >= 11 is 0. The molecule has 1 saturated heterocycles. The minimum atomic E-state index is -0.556. The molecule has 1 fully saturated rings. The van der Waals surface area contributed by atoms with Gasteiger partial charge in [0.05, 0.1) is 12.1 Å². The molecule has 0 aliphatic carbocycles. The van der Waals surface area contributed by atoms with Crippen LogP contribution in [0.5, 0.6) is 0 Å². The number of ether oxygens (including phenoxy) is 1. The summed E-state index contributed by atoms with van der Waals surface area (Å²) in [6, 6.07) is 0. The van der Waals surface area contributed by atoms with Crippen molar-refractivity contribution in [3.8, 4) is 0 Å². The van der Waals surface area contributed by atoms with Crippen LogP contribution in [0.25, 0.3) is 0 Å². The molecule has 0 aromatic carbocycles. The van der Waals surface area contributed by atoms with Crippen LogP contribution in [0.1, 0.15) is 26.2 Å². The Hall–Kier alpha value is -0.450. The molecule has 0 aromatic rings. The number of hydrogen-bond acceptors (Lipinski definition) is 4. The monoisotopic (exact) mass is 215 g/mol. The number of ketones is 1. The number of hydrogen-bond donors (Lipinski definition) is 1. The second-order valence-corrected chi connectivity index (χ2v) is 4.60. The SMILES string of the molecule is COCC(=O)CN1CCCC(C)(O)CC1. The zero-order chi connectivity index (χ0) is 11.3. The number of nitrogens with zero attached hydrogens (tertiary/aromatic N) is 1. The summed E-state index contributed by atoms with van der Waals surface area (Å²) in [5, 5.41) is 9.87. The maximum atomic E-state index is 11.4. The minimum Gasteiger partial charge on any atom is -0.390 e. The van der Waals surface area contributed by atoms with Gasteiger partial charge in [0.15, 0.2) is 5.78 Å². The number of likely N-dealkylation sites (tertiary alicyclic amines) is 1. The first-order valence-corrected chi connectivity index (χ1v) is 5.49. The highest BCUT2D eigenvalue weighted by atomic mass is 16.5. The van der Waals surface area contributed by atoms with E-state index in [4.69, 9.17) is 4.74 Å². The summed E-state index contributed by atoms with van der Waals surface area (Å²) in [5.41, 5.74) is -0.556. The molecule has 1 aliphatic rings. The lowest BCUT2D eigenvalue weighted by molar-refractivity contribution is -0.123. The van der Waals surface area contributed by atoms with Gasteiger partial charge in [-0.3, -0.25) is 9.69 Å². The van der Waals surface area contributed by atoms with E-state index < -0.39 is 5.60 Å². The van der Waals surface area contributed by atoms with Gasteiger partial charge in [0.1, 0.15) is 6.61 Å². The molecule has 4 nitrogen and oxygen atoms in total. The van der Waals surface area contributed by atoms with E-state index in [0.29, 0.717) is 6.54 Å². The van der Waals surface area contributed by atoms with Crippen LogP contribution >= 0.6 is 0 Å². The fourth-order valence-electron chi connectivity index (χ4n) is 1.93. The summed E-state index contributed by atoms with van der Waals surface area (Å²) in [6.45, 7) is 4.19. The highest BCUT2D eigenvalue weighted by molar-refractivity contribution is 5.81. The van der Waals surface area contributed by atoms with E-state index in [1.807, 2.05) is 6.92 Å². The molecule has 1 rings (SSSR count). The molecule has 0 radical (unpaired) electrons. The van der Waals surface area contributed by atoms with Gasteiger partial charge in [-0.05, 0) is 32.7 Å². The number of rotatable bonds is 4. The van der Waals surface area contributed by atoms with E-state index >= 15 is 0 Å². The van der Waals surface area contributed by atoms with E-state index in [0.717, 1.165) is 32.4 Å². The van der Waals surface area contributed by atoms with Gasteiger partial charge in [-0.25, -0.2) is 0 Å². The lowest BCUT2D eigenvalue weighted by atomic mass is 9.98. The maximum Gasteiger partial charge on any atom is 0.172 e. The van der Waals surface area contributed by atoms with Crippen molar-refractivity contribution >= 4 is 5.78 Å². The predicted octanol–water partition coefficient (Wildman–Crippen LogP) is 0.439. The Morgan fingerprint density at radius 3 is 2.87 bits per heavy atom. The topological polar surface area (TPSA) is 49.8 Å². The van der Waals surface area contributed by atoms with E-state index in [-0.39, 0.29) is 12.4 Å². The van der Waals surface area contributed by atoms with Crippen molar-refractivity contribution in [2.75, 3.05) is 33.4 Å². The second kappa shape index (κ2) is 5.58. The molecule has 0 aromatic heterocycles. The highest BCUT2D eigenvalue weighted by Gasteiger charge is 2.25. The number of carbonyl (C=O) groups excluding carboxylic acids is 1. The van der Waals surface area contributed by atoms with Gasteiger partial charge in [0.2, 0.25) is 0 Å². The van der Waals surface area contributed by atoms with Crippen LogP contribution in [0.3, 0.4) is 0 Å². The third kappa shape index (κ3) is 4.73. The van der Waals surface area contributed by atoms with Gasteiger partial charge in [-0.2, -0.15) is 0 Å². The fraction of sp³-hybridized carbons (Fsp3) is 0.909. The predicted molar refractivity (Wildman–Crippen MR) is 57.8 cm³/mol. The molecule has 0 spiro atoms. The largest absolute Gasteiger partial charge is 0.390 e. The normalized spacial score (nSPS) is 28.7. The molecule has 1 atom stereocenters. The van der Waals surface area contributed by atoms with Crippen LogP contribution in [-0.2, 0) is 9.53 Å². The van der Waals surface area contributed by atoms with Crippen molar-refractivity contribution in [3.05, 3.63) is 0 Å². The summed E-state index contributed by atoms with van der Waals surface area (Å²) in [6.07, 6.45) is 2.52. The molecular formula is C11H21NO3. The molecule has 0 amide bonds. The van der Waals surface area contributed by atoms with Crippen LogP contribution in [0.4, 0.5) is 0 Å². The van der Waals surface area contributed by atoms with Gasteiger partial charge < -0.3 is 9.84 Å². The van der Waals surface area contributed by atoms with Crippen LogP contribution in [-0.4, -0.2) is 54.7 Å². The Labute approximate surface area is 91.2 Å².